The largest absolute Gasteiger partial charge is 0.493 e. The van der Waals surface area contributed by atoms with Crippen LogP contribution in [-0.4, -0.2) is 35.5 Å². The van der Waals surface area contributed by atoms with E-state index in [1.807, 2.05) is 23.7 Å². The number of amides is 1. The zero-order chi connectivity index (χ0) is 18.8. The maximum absolute atomic E-state index is 12.7. The number of nitrogens with zero attached hydrogens (tertiary/aromatic N) is 2. The highest BCUT2D eigenvalue weighted by atomic mass is 35.5. The van der Waals surface area contributed by atoms with Crippen LogP contribution in [0, 0.1) is 12.8 Å². The molecule has 2 aromatic rings. The number of hydrogen-bond acceptors (Lipinski definition) is 4. The molecule has 3 heterocycles. The summed E-state index contributed by atoms with van der Waals surface area (Å²) in [5.74, 6) is 1.28. The van der Waals surface area contributed by atoms with Gasteiger partial charge in [-0.15, -0.1) is 0 Å². The van der Waals surface area contributed by atoms with Crippen LogP contribution in [0.15, 0.2) is 18.3 Å². The highest BCUT2D eigenvalue weighted by Gasteiger charge is 2.21. The van der Waals surface area contributed by atoms with E-state index in [9.17, 15) is 4.79 Å². The standard InChI is InChI=1S/C20H24ClN3O3/c1-13-18(11-23-24(13)12-14-2-5-26-6-3-14)20(25)22-10-16-9-17(21)8-15-4-7-27-19(15)16/h8-9,11,14H,2-7,10,12H2,1H3,(H,22,25). The van der Waals surface area contributed by atoms with Gasteiger partial charge in [-0.2, -0.15) is 5.10 Å². The molecule has 0 saturated carbocycles. The fourth-order valence-electron chi connectivity index (χ4n) is 3.78. The molecule has 0 radical (unpaired) electrons. The van der Waals surface area contributed by atoms with E-state index in [-0.39, 0.29) is 5.91 Å². The number of fused-ring (bicyclic) bond motifs is 1. The lowest BCUT2D eigenvalue weighted by Crippen LogP contribution is -2.24. The molecule has 1 aromatic heterocycles. The maximum Gasteiger partial charge on any atom is 0.255 e. The van der Waals surface area contributed by atoms with Gasteiger partial charge in [0, 0.05) is 49.0 Å². The maximum atomic E-state index is 12.7. The van der Waals surface area contributed by atoms with E-state index < -0.39 is 0 Å². The highest BCUT2D eigenvalue weighted by Crippen LogP contribution is 2.32. The Kier molecular flexibility index (Phi) is 5.36. The Morgan fingerprint density at radius 3 is 2.96 bits per heavy atom. The van der Waals surface area contributed by atoms with Crippen molar-refractivity contribution in [2.45, 2.75) is 39.3 Å². The molecule has 0 bridgehead atoms. The van der Waals surface area contributed by atoms with Crippen molar-refractivity contribution in [1.29, 1.82) is 0 Å². The number of benzene rings is 1. The first-order valence-corrected chi connectivity index (χ1v) is 9.82. The summed E-state index contributed by atoms with van der Waals surface area (Å²) in [5, 5.41) is 8.08. The van der Waals surface area contributed by atoms with Gasteiger partial charge in [-0.05, 0) is 43.4 Å². The third-order valence-electron chi connectivity index (χ3n) is 5.38. The van der Waals surface area contributed by atoms with E-state index in [0.29, 0.717) is 29.7 Å². The van der Waals surface area contributed by atoms with Crippen molar-refractivity contribution in [2.24, 2.45) is 5.92 Å². The molecule has 0 spiro atoms. The average Bonchev–Trinajstić information content (AvgIpc) is 3.27. The molecule has 0 atom stereocenters. The predicted molar refractivity (Wildman–Crippen MR) is 102 cm³/mol. The second-order valence-electron chi connectivity index (χ2n) is 7.22. The molecule has 1 N–H and O–H groups in total. The Morgan fingerprint density at radius 2 is 2.15 bits per heavy atom. The van der Waals surface area contributed by atoms with Gasteiger partial charge in [0.2, 0.25) is 0 Å². The number of aromatic nitrogens is 2. The SMILES string of the molecule is Cc1c(C(=O)NCc2cc(Cl)cc3c2OCC3)cnn1CC1CCOCC1. The van der Waals surface area contributed by atoms with Crippen molar-refractivity contribution in [2.75, 3.05) is 19.8 Å². The predicted octanol–water partition coefficient (Wildman–Crippen LogP) is 3.14. The van der Waals surface area contributed by atoms with Gasteiger partial charge in [-0.3, -0.25) is 9.48 Å². The molecule has 4 rings (SSSR count). The van der Waals surface area contributed by atoms with Crippen molar-refractivity contribution in [3.63, 3.8) is 0 Å². The second-order valence-corrected chi connectivity index (χ2v) is 7.65. The molecule has 1 fully saturated rings. The third kappa shape index (κ3) is 3.96. The molecular weight excluding hydrogens is 366 g/mol. The van der Waals surface area contributed by atoms with E-state index >= 15 is 0 Å². The van der Waals surface area contributed by atoms with Crippen LogP contribution in [0.2, 0.25) is 5.02 Å². The van der Waals surface area contributed by atoms with Gasteiger partial charge >= 0.3 is 0 Å². The Hall–Kier alpha value is -2.05. The van der Waals surface area contributed by atoms with Gasteiger partial charge < -0.3 is 14.8 Å². The molecule has 1 amide bonds. The van der Waals surface area contributed by atoms with E-state index in [0.717, 1.165) is 61.6 Å². The first-order chi connectivity index (χ1) is 13.1. The normalized spacial score (nSPS) is 16.8. The molecule has 0 aliphatic carbocycles. The van der Waals surface area contributed by atoms with Crippen LogP contribution >= 0.6 is 11.6 Å². The molecule has 0 unspecified atom stereocenters. The van der Waals surface area contributed by atoms with Gasteiger partial charge in [0.1, 0.15) is 5.75 Å². The van der Waals surface area contributed by atoms with Crippen LogP contribution < -0.4 is 10.1 Å². The molecule has 144 valence electrons. The summed E-state index contributed by atoms with van der Waals surface area (Å²) in [7, 11) is 0. The molecule has 7 heteroatoms. The topological polar surface area (TPSA) is 65.4 Å². The average molecular weight is 390 g/mol. The van der Waals surface area contributed by atoms with E-state index in [4.69, 9.17) is 21.1 Å². The lowest BCUT2D eigenvalue weighted by molar-refractivity contribution is 0.0599. The van der Waals surface area contributed by atoms with E-state index in [2.05, 4.69) is 10.4 Å². The minimum atomic E-state index is -0.127. The summed E-state index contributed by atoms with van der Waals surface area (Å²) in [5.41, 5.74) is 3.52. The zero-order valence-corrected chi connectivity index (χ0v) is 16.2. The van der Waals surface area contributed by atoms with E-state index in [1.54, 1.807) is 6.20 Å². The van der Waals surface area contributed by atoms with Gasteiger partial charge in [0.05, 0.1) is 18.4 Å². The summed E-state index contributed by atoms with van der Waals surface area (Å²) in [6.45, 7) is 5.44. The first-order valence-electron chi connectivity index (χ1n) is 9.44. The smallest absolute Gasteiger partial charge is 0.255 e. The Bertz CT molecular complexity index is 843. The third-order valence-corrected chi connectivity index (χ3v) is 5.60. The number of hydrogen-bond donors (Lipinski definition) is 1. The van der Waals surface area contributed by atoms with Crippen LogP contribution in [0.3, 0.4) is 0 Å². The Morgan fingerprint density at radius 1 is 1.33 bits per heavy atom. The van der Waals surface area contributed by atoms with Crippen molar-refractivity contribution in [3.05, 3.63) is 45.7 Å². The highest BCUT2D eigenvalue weighted by molar-refractivity contribution is 6.30. The van der Waals surface area contributed by atoms with E-state index in [1.165, 1.54) is 0 Å². The monoisotopic (exact) mass is 389 g/mol. The lowest BCUT2D eigenvalue weighted by Gasteiger charge is -2.22. The van der Waals surface area contributed by atoms with Crippen molar-refractivity contribution in [1.82, 2.24) is 15.1 Å². The summed E-state index contributed by atoms with van der Waals surface area (Å²) in [6.07, 6.45) is 4.60. The van der Waals surface area contributed by atoms with Crippen LogP contribution in [0.1, 0.15) is 40.0 Å². The molecule has 2 aliphatic rings. The van der Waals surface area contributed by atoms with Crippen LogP contribution in [0.25, 0.3) is 0 Å². The zero-order valence-electron chi connectivity index (χ0n) is 15.5. The van der Waals surface area contributed by atoms with Crippen LogP contribution in [-0.2, 0) is 24.2 Å². The number of ether oxygens (including phenoxy) is 2. The van der Waals surface area contributed by atoms with Gasteiger partial charge in [-0.1, -0.05) is 11.6 Å². The molecule has 1 saturated heterocycles. The summed E-state index contributed by atoms with van der Waals surface area (Å²) < 4.78 is 13.0. The van der Waals surface area contributed by atoms with Gasteiger partial charge in [0.25, 0.3) is 5.91 Å². The molecule has 1 aromatic carbocycles. The van der Waals surface area contributed by atoms with Gasteiger partial charge in [0.15, 0.2) is 0 Å². The molecule has 27 heavy (non-hydrogen) atoms. The van der Waals surface area contributed by atoms with Crippen molar-refractivity contribution < 1.29 is 14.3 Å². The molecule has 2 aliphatic heterocycles. The fourth-order valence-corrected chi connectivity index (χ4v) is 4.04. The van der Waals surface area contributed by atoms with Crippen molar-refractivity contribution >= 4 is 17.5 Å². The summed E-state index contributed by atoms with van der Waals surface area (Å²) in [4.78, 5) is 12.7. The Balaban J connectivity index is 1.42. The molecule has 6 nitrogen and oxygen atoms in total. The fraction of sp³-hybridized carbons (Fsp3) is 0.500. The number of carbonyl (C=O) groups excluding carboxylic acids is 1. The minimum absolute atomic E-state index is 0.127. The Labute approximate surface area is 163 Å². The van der Waals surface area contributed by atoms with Crippen molar-refractivity contribution in [3.8, 4) is 5.75 Å². The quantitative estimate of drug-likeness (QED) is 0.853. The summed E-state index contributed by atoms with van der Waals surface area (Å²) >= 11 is 6.19. The summed E-state index contributed by atoms with van der Waals surface area (Å²) in [6, 6.07) is 3.78. The number of nitrogens with one attached hydrogen (secondary N) is 1. The second kappa shape index (κ2) is 7.90. The number of carbonyl (C=O) groups is 1. The lowest BCUT2D eigenvalue weighted by atomic mass is 10.0. The van der Waals surface area contributed by atoms with Gasteiger partial charge in [-0.25, -0.2) is 0 Å². The van der Waals surface area contributed by atoms with Crippen LogP contribution in [0.5, 0.6) is 5.75 Å². The number of halogens is 1. The number of rotatable bonds is 5. The minimum Gasteiger partial charge on any atom is -0.493 e. The van der Waals surface area contributed by atoms with Crippen LogP contribution in [0.4, 0.5) is 0 Å². The molecular formula is C20H24ClN3O3. The first kappa shape index (κ1) is 18.3.